The van der Waals surface area contributed by atoms with Crippen molar-refractivity contribution >= 4 is 0 Å². The fraction of sp³-hybridized carbons (Fsp3) is 1.00. The Labute approximate surface area is 36.3 Å². The van der Waals surface area contributed by atoms with Gasteiger partial charge in [-0.25, -0.2) is 0 Å². The molecule has 1 rings (SSSR count). The fourth-order valence-electron chi connectivity index (χ4n) is 0.377. The molecule has 1 aliphatic rings. The van der Waals surface area contributed by atoms with Gasteiger partial charge in [0.05, 0.1) is 6.17 Å². The third kappa shape index (κ3) is 0.518. The summed E-state index contributed by atoms with van der Waals surface area (Å²) in [6, 6.07) is 0.454. The van der Waals surface area contributed by atoms with E-state index in [1.165, 1.54) is 0 Å². The molecule has 1 heterocycles. The summed E-state index contributed by atoms with van der Waals surface area (Å²) in [6.45, 7) is 1.99. The van der Waals surface area contributed by atoms with E-state index in [1.54, 1.807) is 0 Å². The van der Waals surface area contributed by atoms with Gasteiger partial charge in [-0.3, -0.25) is 5.32 Å². The van der Waals surface area contributed by atoms with Crippen LogP contribution in [-0.2, 0) is 0 Å². The van der Waals surface area contributed by atoms with Crippen LogP contribution in [0, 0.1) is 0 Å². The standard InChI is InChI=1S/C3H8N2O/c1-2-3(4-2)5-6/h2-6H,1H3. The Balaban J connectivity index is 2.09. The summed E-state index contributed by atoms with van der Waals surface area (Å²) in [5.74, 6) is 0. The minimum atomic E-state index is 0.157. The molecule has 2 unspecified atom stereocenters. The van der Waals surface area contributed by atoms with Crippen molar-refractivity contribution in [3.8, 4) is 0 Å². The van der Waals surface area contributed by atoms with Gasteiger partial charge in [-0.15, -0.1) is 0 Å². The molecule has 0 amide bonds. The van der Waals surface area contributed by atoms with E-state index in [0.29, 0.717) is 6.04 Å². The second-order valence-electron chi connectivity index (χ2n) is 1.56. The van der Waals surface area contributed by atoms with E-state index in [0.717, 1.165) is 0 Å². The van der Waals surface area contributed by atoms with Crippen molar-refractivity contribution < 1.29 is 5.21 Å². The van der Waals surface area contributed by atoms with E-state index in [2.05, 4.69) is 10.8 Å². The topological polar surface area (TPSA) is 54.2 Å². The Bertz CT molecular complexity index is 54.8. The highest BCUT2D eigenvalue weighted by molar-refractivity contribution is 4.88. The lowest BCUT2D eigenvalue weighted by Crippen LogP contribution is -2.14. The Morgan fingerprint density at radius 2 is 2.33 bits per heavy atom. The van der Waals surface area contributed by atoms with Crippen molar-refractivity contribution in [3.05, 3.63) is 0 Å². The zero-order chi connectivity index (χ0) is 4.57. The van der Waals surface area contributed by atoms with E-state index in [-0.39, 0.29) is 6.17 Å². The third-order valence-electron chi connectivity index (χ3n) is 0.972. The number of nitrogens with one attached hydrogen (secondary N) is 2. The summed E-state index contributed by atoms with van der Waals surface area (Å²) in [4.78, 5) is 0. The lowest BCUT2D eigenvalue weighted by Gasteiger charge is -1.81. The molecule has 36 valence electrons. The molecule has 1 aliphatic heterocycles. The van der Waals surface area contributed by atoms with Gasteiger partial charge in [0, 0.05) is 6.04 Å². The summed E-state index contributed by atoms with van der Waals surface area (Å²) in [5, 5.41) is 11.0. The lowest BCUT2D eigenvalue weighted by molar-refractivity contribution is 0.156. The molecule has 0 aromatic rings. The van der Waals surface area contributed by atoms with Crippen molar-refractivity contribution in [3.63, 3.8) is 0 Å². The quantitative estimate of drug-likeness (QED) is 0.293. The van der Waals surface area contributed by atoms with Gasteiger partial charge in [-0.1, -0.05) is 0 Å². The predicted octanol–water partition coefficient (Wildman–Crippen LogP) is -0.717. The second kappa shape index (κ2) is 1.18. The van der Waals surface area contributed by atoms with Crippen molar-refractivity contribution in [1.29, 1.82) is 0 Å². The van der Waals surface area contributed by atoms with E-state index in [4.69, 9.17) is 5.21 Å². The first kappa shape index (κ1) is 4.05. The summed E-state index contributed by atoms with van der Waals surface area (Å²) in [5.41, 5.74) is 2.08. The van der Waals surface area contributed by atoms with Crippen LogP contribution in [0.15, 0.2) is 0 Å². The Hall–Kier alpha value is -0.120. The van der Waals surface area contributed by atoms with Gasteiger partial charge in [0.25, 0.3) is 0 Å². The van der Waals surface area contributed by atoms with Crippen LogP contribution in [0.1, 0.15) is 6.92 Å². The van der Waals surface area contributed by atoms with Crippen LogP contribution in [0.3, 0.4) is 0 Å². The maximum Gasteiger partial charge on any atom is 0.0965 e. The molecule has 0 radical (unpaired) electrons. The molecule has 0 bridgehead atoms. The van der Waals surface area contributed by atoms with Gasteiger partial charge in [-0.2, -0.15) is 5.48 Å². The van der Waals surface area contributed by atoms with E-state index >= 15 is 0 Å². The van der Waals surface area contributed by atoms with Crippen molar-refractivity contribution in [2.24, 2.45) is 0 Å². The molecule has 1 saturated heterocycles. The van der Waals surface area contributed by atoms with Gasteiger partial charge in [-0.05, 0) is 6.92 Å². The van der Waals surface area contributed by atoms with Crippen LogP contribution in [0.2, 0.25) is 0 Å². The Morgan fingerprint density at radius 1 is 1.83 bits per heavy atom. The van der Waals surface area contributed by atoms with E-state index in [1.807, 2.05) is 6.92 Å². The molecule has 0 spiro atoms. The number of hydrogen-bond acceptors (Lipinski definition) is 3. The molecule has 0 saturated carbocycles. The maximum atomic E-state index is 8.06. The molecule has 3 nitrogen and oxygen atoms in total. The third-order valence-corrected chi connectivity index (χ3v) is 0.972. The summed E-state index contributed by atoms with van der Waals surface area (Å²) < 4.78 is 0. The molecule has 0 aliphatic carbocycles. The summed E-state index contributed by atoms with van der Waals surface area (Å²) >= 11 is 0. The molecule has 3 heteroatoms. The number of hydrogen-bond donors (Lipinski definition) is 3. The van der Waals surface area contributed by atoms with Gasteiger partial charge >= 0.3 is 0 Å². The van der Waals surface area contributed by atoms with Gasteiger partial charge < -0.3 is 5.21 Å². The predicted molar refractivity (Wildman–Crippen MR) is 21.3 cm³/mol. The highest BCUT2D eigenvalue weighted by atomic mass is 16.5. The smallest absolute Gasteiger partial charge is 0.0965 e. The average molecular weight is 88.1 g/mol. The van der Waals surface area contributed by atoms with Crippen LogP contribution >= 0.6 is 0 Å². The highest BCUT2D eigenvalue weighted by Gasteiger charge is 2.29. The van der Waals surface area contributed by atoms with Crippen LogP contribution in [0.4, 0.5) is 0 Å². The highest BCUT2D eigenvalue weighted by Crippen LogP contribution is 2.02. The van der Waals surface area contributed by atoms with Crippen molar-refractivity contribution in [2.75, 3.05) is 0 Å². The van der Waals surface area contributed by atoms with Crippen LogP contribution in [0.5, 0.6) is 0 Å². The molecular formula is C3H8N2O. The zero-order valence-electron chi connectivity index (χ0n) is 3.60. The van der Waals surface area contributed by atoms with Gasteiger partial charge in [0.1, 0.15) is 0 Å². The van der Waals surface area contributed by atoms with Crippen molar-refractivity contribution in [1.82, 2.24) is 10.8 Å². The first-order valence-corrected chi connectivity index (χ1v) is 2.00. The molecule has 3 N–H and O–H groups in total. The summed E-state index contributed by atoms with van der Waals surface area (Å²) in [7, 11) is 0. The van der Waals surface area contributed by atoms with Gasteiger partial charge in [0.15, 0.2) is 0 Å². The molecule has 6 heavy (non-hydrogen) atoms. The average Bonchev–Trinajstić information content (AvgIpc) is 2.19. The van der Waals surface area contributed by atoms with Gasteiger partial charge in [0.2, 0.25) is 0 Å². The van der Waals surface area contributed by atoms with Crippen molar-refractivity contribution in [2.45, 2.75) is 19.1 Å². The molecule has 2 atom stereocenters. The Kier molecular flexibility index (Phi) is 0.799. The minimum absolute atomic E-state index is 0.157. The second-order valence-corrected chi connectivity index (χ2v) is 1.56. The van der Waals surface area contributed by atoms with E-state index in [9.17, 15) is 0 Å². The van der Waals surface area contributed by atoms with E-state index < -0.39 is 0 Å². The maximum absolute atomic E-state index is 8.06. The number of hydroxylamine groups is 1. The monoisotopic (exact) mass is 88.1 g/mol. The normalized spacial score (nSPS) is 43.0. The SMILES string of the molecule is CC1NC1NO. The van der Waals surface area contributed by atoms with Crippen LogP contribution < -0.4 is 10.8 Å². The molecular weight excluding hydrogens is 80.0 g/mol. The van der Waals surface area contributed by atoms with Crippen LogP contribution in [-0.4, -0.2) is 17.4 Å². The summed E-state index contributed by atoms with van der Waals surface area (Å²) in [6.07, 6.45) is 0.157. The minimum Gasteiger partial charge on any atom is -0.315 e. The molecule has 0 aromatic heterocycles. The fourth-order valence-corrected chi connectivity index (χ4v) is 0.377. The lowest BCUT2D eigenvalue weighted by atomic mass is 10.5. The molecule has 0 aromatic carbocycles. The number of rotatable bonds is 1. The first-order valence-electron chi connectivity index (χ1n) is 2.00. The molecule has 1 fully saturated rings. The largest absolute Gasteiger partial charge is 0.315 e. The first-order chi connectivity index (χ1) is 2.84. The van der Waals surface area contributed by atoms with Crippen LogP contribution in [0.25, 0.3) is 0 Å². The zero-order valence-corrected chi connectivity index (χ0v) is 3.60. The Morgan fingerprint density at radius 3 is 2.33 bits per heavy atom.